The maximum atomic E-state index is 13.5. The standard InChI is InChI=1S/C26H41FN4O3S/c1-18(2)35(33,34)30-24(26(3,4)5)17-31-12-9-19(10-13-31)14-25(32)28-11-8-20-16-29-23-7-6-21(27)15-22(20)23/h6-7,15-16,18-19,24,29-30H,8-14,17H2,1-5H3,(H,28,32). The number of sulfonamides is 1. The number of nitrogens with one attached hydrogen (secondary N) is 3. The summed E-state index contributed by atoms with van der Waals surface area (Å²) in [5.74, 6) is 0.112. The number of carbonyl (C=O) groups excluding carboxylic acids is 1. The van der Waals surface area contributed by atoms with Gasteiger partial charge in [0.05, 0.1) is 5.25 Å². The zero-order valence-electron chi connectivity index (χ0n) is 21.7. The molecule has 35 heavy (non-hydrogen) atoms. The molecule has 1 amide bonds. The molecule has 1 aliphatic heterocycles. The molecular weight excluding hydrogens is 467 g/mol. The largest absolute Gasteiger partial charge is 0.361 e. The predicted molar refractivity (Wildman–Crippen MR) is 139 cm³/mol. The Balaban J connectivity index is 1.42. The van der Waals surface area contributed by atoms with E-state index in [1.165, 1.54) is 12.1 Å². The Morgan fingerprint density at radius 3 is 2.54 bits per heavy atom. The summed E-state index contributed by atoms with van der Waals surface area (Å²) in [6, 6.07) is 4.51. The second-order valence-corrected chi connectivity index (χ2v) is 13.5. The minimum Gasteiger partial charge on any atom is -0.361 e. The molecule has 2 aromatic rings. The van der Waals surface area contributed by atoms with Crippen molar-refractivity contribution in [3.05, 3.63) is 35.8 Å². The van der Waals surface area contributed by atoms with E-state index in [0.29, 0.717) is 31.8 Å². The van der Waals surface area contributed by atoms with Crippen molar-refractivity contribution in [1.29, 1.82) is 0 Å². The van der Waals surface area contributed by atoms with Crippen LogP contribution in [0.2, 0.25) is 0 Å². The molecule has 1 unspecified atom stereocenters. The third-order valence-electron chi connectivity index (χ3n) is 7.04. The number of carbonyl (C=O) groups is 1. The van der Waals surface area contributed by atoms with Crippen molar-refractivity contribution >= 4 is 26.8 Å². The summed E-state index contributed by atoms with van der Waals surface area (Å²) in [4.78, 5) is 18.0. The van der Waals surface area contributed by atoms with Crippen LogP contribution in [0.3, 0.4) is 0 Å². The SMILES string of the molecule is CC(C)S(=O)(=O)NC(CN1CCC(CC(=O)NCCc2c[nH]c3ccc(F)cc23)CC1)C(C)(C)C. The van der Waals surface area contributed by atoms with Gasteiger partial charge < -0.3 is 15.2 Å². The van der Waals surface area contributed by atoms with E-state index in [-0.39, 0.29) is 23.2 Å². The van der Waals surface area contributed by atoms with E-state index in [2.05, 4.69) is 40.7 Å². The first kappa shape index (κ1) is 27.6. The molecule has 1 aromatic carbocycles. The van der Waals surface area contributed by atoms with E-state index in [0.717, 1.165) is 42.4 Å². The van der Waals surface area contributed by atoms with Crippen LogP contribution in [0.4, 0.5) is 4.39 Å². The minimum absolute atomic E-state index is 0.0479. The smallest absolute Gasteiger partial charge is 0.220 e. The molecule has 2 heterocycles. The molecule has 1 aliphatic rings. The number of nitrogens with zero attached hydrogens (tertiary/aromatic N) is 1. The number of aromatic amines is 1. The number of hydrogen-bond donors (Lipinski definition) is 3. The van der Waals surface area contributed by atoms with Gasteiger partial charge in [-0.2, -0.15) is 0 Å². The van der Waals surface area contributed by atoms with Gasteiger partial charge in [0, 0.05) is 42.7 Å². The van der Waals surface area contributed by atoms with Crippen LogP contribution in [0.5, 0.6) is 0 Å². The van der Waals surface area contributed by atoms with Crippen LogP contribution in [-0.2, 0) is 21.2 Å². The van der Waals surface area contributed by atoms with Gasteiger partial charge in [0.1, 0.15) is 5.82 Å². The number of rotatable bonds is 10. The first-order valence-electron chi connectivity index (χ1n) is 12.6. The average Bonchev–Trinajstić information content (AvgIpc) is 3.15. The number of likely N-dealkylation sites (tertiary alicyclic amines) is 1. The molecule has 196 valence electrons. The summed E-state index contributed by atoms with van der Waals surface area (Å²) in [7, 11) is -3.35. The molecule has 0 saturated carbocycles. The van der Waals surface area contributed by atoms with Crippen LogP contribution >= 0.6 is 0 Å². The number of halogens is 1. The van der Waals surface area contributed by atoms with Crippen molar-refractivity contribution < 1.29 is 17.6 Å². The molecule has 0 radical (unpaired) electrons. The Hall–Kier alpha value is -1.97. The van der Waals surface area contributed by atoms with Gasteiger partial charge in [-0.1, -0.05) is 20.8 Å². The Labute approximate surface area is 209 Å². The van der Waals surface area contributed by atoms with E-state index in [9.17, 15) is 17.6 Å². The lowest BCUT2D eigenvalue weighted by molar-refractivity contribution is -0.122. The van der Waals surface area contributed by atoms with Crippen molar-refractivity contribution in [1.82, 2.24) is 19.9 Å². The first-order chi connectivity index (χ1) is 16.3. The Kier molecular flexibility index (Phi) is 8.99. The van der Waals surface area contributed by atoms with Crippen LogP contribution in [0, 0.1) is 17.2 Å². The summed E-state index contributed by atoms with van der Waals surface area (Å²) in [6.45, 7) is 12.5. The molecule has 7 nitrogen and oxygen atoms in total. The topological polar surface area (TPSA) is 94.3 Å². The van der Waals surface area contributed by atoms with Crippen molar-refractivity contribution in [2.24, 2.45) is 11.3 Å². The van der Waals surface area contributed by atoms with Gasteiger partial charge in [-0.15, -0.1) is 0 Å². The van der Waals surface area contributed by atoms with Crippen molar-refractivity contribution in [2.75, 3.05) is 26.2 Å². The molecule has 1 aromatic heterocycles. The van der Waals surface area contributed by atoms with Crippen LogP contribution in [-0.4, -0.2) is 61.7 Å². The summed E-state index contributed by atoms with van der Waals surface area (Å²) < 4.78 is 41.4. The number of amides is 1. The minimum atomic E-state index is -3.35. The molecule has 0 bridgehead atoms. The highest BCUT2D eigenvalue weighted by atomic mass is 32.2. The third kappa shape index (κ3) is 7.75. The zero-order chi connectivity index (χ0) is 25.8. The monoisotopic (exact) mass is 508 g/mol. The fourth-order valence-corrected chi connectivity index (χ4v) is 5.58. The fraction of sp³-hybridized carbons (Fsp3) is 0.654. The average molecular weight is 509 g/mol. The second-order valence-electron chi connectivity index (χ2n) is 11.2. The molecule has 9 heteroatoms. The number of fused-ring (bicyclic) bond motifs is 1. The summed E-state index contributed by atoms with van der Waals surface area (Å²) >= 11 is 0. The van der Waals surface area contributed by atoms with Gasteiger partial charge in [-0.25, -0.2) is 17.5 Å². The van der Waals surface area contributed by atoms with Crippen LogP contribution in [0.25, 0.3) is 10.9 Å². The number of hydrogen-bond acceptors (Lipinski definition) is 4. The molecule has 3 rings (SSSR count). The van der Waals surface area contributed by atoms with Gasteiger partial charge >= 0.3 is 0 Å². The van der Waals surface area contributed by atoms with Crippen molar-refractivity contribution in [3.8, 4) is 0 Å². The van der Waals surface area contributed by atoms with E-state index in [4.69, 9.17) is 0 Å². The van der Waals surface area contributed by atoms with E-state index in [1.54, 1.807) is 19.9 Å². The van der Waals surface area contributed by atoms with Gasteiger partial charge in [-0.05, 0) is 81.3 Å². The lowest BCUT2D eigenvalue weighted by atomic mass is 9.86. The van der Waals surface area contributed by atoms with Crippen LogP contribution in [0.15, 0.2) is 24.4 Å². The van der Waals surface area contributed by atoms with Gasteiger partial charge in [0.25, 0.3) is 0 Å². The highest BCUT2D eigenvalue weighted by Gasteiger charge is 2.33. The number of piperidine rings is 1. The number of benzene rings is 1. The van der Waals surface area contributed by atoms with Gasteiger partial charge in [0.2, 0.25) is 15.9 Å². The molecule has 3 N–H and O–H groups in total. The number of H-pyrrole nitrogens is 1. The first-order valence-corrected chi connectivity index (χ1v) is 14.2. The Morgan fingerprint density at radius 2 is 1.91 bits per heavy atom. The molecule has 0 spiro atoms. The van der Waals surface area contributed by atoms with E-state index < -0.39 is 15.3 Å². The summed E-state index contributed by atoms with van der Waals surface area (Å²) in [5, 5.41) is 3.40. The van der Waals surface area contributed by atoms with Gasteiger partial charge in [-0.3, -0.25) is 4.79 Å². The maximum Gasteiger partial charge on any atom is 0.220 e. The second kappa shape index (κ2) is 11.4. The predicted octanol–water partition coefficient (Wildman–Crippen LogP) is 3.81. The molecular formula is C26H41FN4O3S. The Bertz CT molecular complexity index is 1100. The molecule has 1 saturated heterocycles. The highest BCUT2D eigenvalue weighted by Crippen LogP contribution is 2.25. The highest BCUT2D eigenvalue weighted by molar-refractivity contribution is 7.90. The quantitative estimate of drug-likeness (QED) is 0.455. The fourth-order valence-electron chi connectivity index (χ4n) is 4.48. The lowest BCUT2D eigenvalue weighted by Crippen LogP contribution is -2.53. The molecule has 1 fully saturated rings. The maximum absolute atomic E-state index is 13.5. The summed E-state index contributed by atoms with van der Waals surface area (Å²) in [5.41, 5.74) is 1.69. The zero-order valence-corrected chi connectivity index (χ0v) is 22.5. The van der Waals surface area contributed by atoms with Crippen LogP contribution in [0.1, 0.15) is 59.4 Å². The van der Waals surface area contributed by atoms with Crippen LogP contribution < -0.4 is 10.0 Å². The summed E-state index contributed by atoms with van der Waals surface area (Å²) in [6.07, 6.45) is 4.86. The van der Waals surface area contributed by atoms with Gasteiger partial charge in [0.15, 0.2) is 0 Å². The van der Waals surface area contributed by atoms with E-state index in [1.807, 2.05) is 6.20 Å². The van der Waals surface area contributed by atoms with Crippen molar-refractivity contribution in [2.45, 2.75) is 71.6 Å². The van der Waals surface area contributed by atoms with Crippen molar-refractivity contribution in [3.63, 3.8) is 0 Å². The van der Waals surface area contributed by atoms with E-state index >= 15 is 0 Å². The number of aromatic nitrogens is 1. The lowest BCUT2D eigenvalue weighted by Gasteiger charge is -2.39. The normalized spacial score (nSPS) is 17.2. The molecule has 1 atom stereocenters. The third-order valence-corrected chi connectivity index (χ3v) is 8.89. The molecule has 0 aliphatic carbocycles. The Morgan fingerprint density at radius 1 is 1.23 bits per heavy atom.